The van der Waals surface area contributed by atoms with E-state index >= 15 is 0 Å². The first-order valence-corrected chi connectivity index (χ1v) is 7.36. The largest absolute Gasteiger partial charge is 0.242 e. The van der Waals surface area contributed by atoms with E-state index in [1.807, 2.05) is 27.7 Å². The van der Waals surface area contributed by atoms with E-state index < -0.39 is 11.0 Å². The second-order valence-electron chi connectivity index (χ2n) is 5.57. The summed E-state index contributed by atoms with van der Waals surface area (Å²) in [4.78, 5) is 0. The fourth-order valence-corrected chi connectivity index (χ4v) is 2.29. The Morgan fingerprint density at radius 2 is 1.83 bits per heavy atom. The van der Waals surface area contributed by atoms with Crippen LogP contribution in [-0.2, 0) is 17.4 Å². The van der Waals surface area contributed by atoms with Gasteiger partial charge >= 0.3 is 0 Å². The van der Waals surface area contributed by atoms with E-state index in [-0.39, 0.29) is 16.6 Å². The molecule has 0 bridgehead atoms. The Labute approximate surface area is 112 Å². The molecular weight excluding hydrogens is 249 g/mol. The quantitative estimate of drug-likeness (QED) is 0.875. The van der Waals surface area contributed by atoms with Crippen LogP contribution in [0.2, 0.25) is 0 Å². The average molecular weight is 271 g/mol. The summed E-state index contributed by atoms with van der Waals surface area (Å²) >= 11 is 0. The van der Waals surface area contributed by atoms with E-state index in [0.29, 0.717) is 0 Å². The average Bonchev–Trinajstić information content (AvgIpc) is 2.27. The lowest BCUT2D eigenvalue weighted by Gasteiger charge is -2.21. The molecule has 0 aromatic heterocycles. The summed E-state index contributed by atoms with van der Waals surface area (Å²) in [7, 11) is -1.04. The second kappa shape index (κ2) is 6.43. The molecule has 2 nitrogen and oxygen atoms in total. The highest BCUT2D eigenvalue weighted by molar-refractivity contribution is 7.84. The van der Waals surface area contributed by atoms with Crippen LogP contribution in [0.25, 0.3) is 0 Å². The maximum absolute atomic E-state index is 12.7. The lowest BCUT2D eigenvalue weighted by molar-refractivity contribution is 0.580. The summed E-state index contributed by atoms with van der Waals surface area (Å²) in [6.07, 6.45) is 1.74. The fourth-order valence-electron chi connectivity index (χ4n) is 1.45. The molecule has 1 rings (SSSR count). The van der Waals surface area contributed by atoms with Crippen molar-refractivity contribution in [1.29, 1.82) is 0 Å². The molecule has 0 fully saturated rings. The van der Waals surface area contributed by atoms with E-state index in [2.05, 4.69) is 4.72 Å². The Morgan fingerprint density at radius 3 is 2.33 bits per heavy atom. The second-order valence-corrected chi connectivity index (χ2v) is 7.56. The lowest BCUT2D eigenvalue weighted by Crippen LogP contribution is -2.38. The molecule has 4 heteroatoms. The molecule has 0 aliphatic heterocycles. The van der Waals surface area contributed by atoms with Crippen molar-refractivity contribution in [3.8, 4) is 0 Å². The van der Waals surface area contributed by atoms with Crippen molar-refractivity contribution in [3.63, 3.8) is 0 Å². The molecule has 0 aliphatic rings. The van der Waals surface area contributed by atoms with Crippen LogP contribution in [0.1, 0.15) is 39.7 Å². The molecule has 1 N–H and O–H groups in total. The first kappa shape index (κ1) is 15.3. The topological polar surface area (TPSA) is 29.1 Å². The molecule has 1 aromatic rings. The molecule has 0 spiro atoms. The van der Waals surface area contributed by atoms with Gasteiger partial charge in [-0.2, -0.15) is 0 Å². The van der Waals surface area contributed by atoms with Crippen molar-refractivity contribution in [1.82, 2.24) is 4.72 Å². The van der Waals surface area contributed by atoms with Gasteiger partial charge in [-0.15, -0.1) is 0 Å². The molecule has 0 radical (unpaired) electrons. The maximum atomic E-state index is 12.7. The van der Waals surface area contributed by atoms with Crippen molar-refractivity contribution in [2.45, 2.75) is 51.3 Å². The SMILES string of the molecule is CC(CCc1ccc(F)cc1)NS(=O)C(C)(C)C. The fraction of sp³-hybridized carbons (Fsp3) is 0.571. The highest BCUT2D eigenvalue weighted by Crippen LogP contribution is 2.11. The standard InChI is InChI=1S/C14H22FNOS/c1-11(16-18(17)14(2,3)4)5-6-12-7-9-13(15)10-8-12/h7-11,16H,5-6H2,1-4H3. The van der Waals surface area contributed by atoms with Crippen molar-refractivity contribution in [2.75, 3.05) is 0 Å². The molecule has 0 heterocycles. The van der Waals surface area contributed by atoms with Gasteiger partial charge in [0.1, 0.15) is 5.82 Å². The number of aryl methyl sites for hydroxylation is 1. The number of halogens is 1. The first-order chi connectivity index (χ1) is 8.29. The van der Waals surface area contributed by atoms with Gasteiger partial charge in [0.25, 0.3) is 0 Å². The summed E-state index contributed by atoms with van der Waals surface area (Å²) in [6.45, 7) is 7.86. The molecule has 0 saturated heterocycles. The van der Waals surface area contributed by atoms with Gasteiger partial charge in [-0.05, 0) is 58.2 Å². The van der Waals surface area contributed by atoms with Crippen LogP contribution in [0.15, 0.2) is 24.3 Å². The van der Waals surface area contributed by atoms with E-state index in [4.69, 9.17) is 0 Å². The normalized spacial score (nSPS) is 15.4. The molecule has 102 valence electrons. The van der Waals surface area contributed by atoms with E-state index in [1.165, 1.54) is 12.1 Å². The van der Waals surface area contributed by atoms with Crippen LogP contribution in [0.5, 0.6) is 0 Å². The summed E-state index contributed by atoms with van der Waals surface area (Å²) < 4.78 is 27.5. The third-order valence-corrected chi connectivity index (χ3v) is 4.37. The third kappa shape index (κ3) is 5.27. The van der Waals surface area contributed by atoms with Crippen molar-refractivity contribution >= 4 is 11.0 Å². The summed E-state index contributed by atoms with van der Waals surface area (Å²) in [5.41, 5.74) is 1.10. The smallest absolute Gasteiger partial charge is 0.123 e. The van der Waals surface area contributed by atoms with Crippen LogP contribution in [0, 0.1) is 5.82 Å². The van der Waals surface area contributed by atoms with Gasteiger partial charge in [0.15, 0.2) is 0 Å². The molecule has 0 aliphatic carbocycles. The zero-order chi connectivity index (χ0) is 13.8. The number of nitrogens with one attached hydrogen (secondary N) is 1. The zero-order valence-electron chi connectivity index (χ0n) is 11.5. The van der Waals surface area contributed by atoms with E-state index in [9.17, 15) is 8.60 Å². The summed E-state index contributed by atoms with van der Waals surface area (Å²) in [6, 6.07) is 6.71. The first-order valence-electron chi connectivity index (χ1n) is 6.21. The minimum Gasteiger partial charge on any atom is -0.242 e. The van der Waals surface area contributed by atoms with Crippen molar-refractivity contribution in [2.24, 2.45) is 0 Å². The Morgan fingerprint density at radius 1 is 1.28 bits per heavy atom. The molecule has 0 amide bonds. The van der Waals surface area contributed by atoms with Crippen LogP contribution < -0.4 is 4.72 Å². The van der Waals surface area contributed by atoms with Gasteiger partial charge in [-0.25, -0.2) is 13.3 Å². The number of hydrogen-bond acceptors (Lipinski definition) is 1. The van der Waals surface area contributed by atoms with Crippen molar-refractivity contribution < 1.29 is 8.60 Å². The maximum Gasteiger partial charge on any atom is 0.123 e. The minimum absolute atomic E-state index is 0.176. The minimum atomic E-state index is -1.04. The predicted molar refractivity (Wildman–Crippen MR) is 75.2 cm³/mol. The van der Waals surface area contributed by atoms with Crippen LogP contribution in [-0.4, -0.2) is 15.0 Å². The predicted octanol–water partition coefficient (Wildman–Crippen LogP) is 3.20. The van der Waals surface area contributed by atoms with Gasteiger partial charge in [0.05, 0.1) is 15.7 Å². The van der Waals surface area contributed by atoms with Crippen LogP contribution in [0.4, 0.5) is 4.39 Å². The Hall–Kier alpha value is -0.740. The molecule has 0 saturated carbocycles. The Bertz CT molecular complexity index is 397. The van der Waals surface area contributed by atoms with Gasteiger partial charge < -0.3 is 0 Å². The Balaban J connectivity index is 2.40. The third-order valence-electron chi connectivity index (χ3n) is 2.64. The van der Waals surface area contributed by atoms with Crippen molar-refractivity contribution in [3.05, 3.63) is 35.6 Å². The van der Waals surface area contributed by atoms with Crippen LogP contribution in [0.3, 0.4) is 0 Å². The van der Waals surface area contributed by atoms with Gasteiger partial charge in [0.2, 0.25) is 0 Å². The molecule has 2 atom stereocenters. The molecule has 1 aromatic carbocycles. The van der Waals surface area contributed by atoms with Gasteiger partial charge in [-0.1, -0.05) is 12.1 Å². The summed E-state index contributed by atoms with van der Waals surface area (Å²) in [5, 5.41) is 0. The van der Waals surface area contributed by atoms with E-state index in [1.54, 1.807) is 12.1 Å². The number of rotatable bonds is 5. The Kier molecular flexibility index (Phi) is 5.47. The summed E-state index contributed by atoms with van der Waals surface area (Å²) in [5.74, 6) is -0.209. The van der Waals surface area contributed by atoms with Crippen LogP contribution >= 0.6 is 0 Å². The number of benzene rings is 1. The molecule has 18 heavy (non-hydrogen) atoms. The number of hydrogen-bond donors (Lipinski definition) is 1. The monoisotopic (exact) mass is 271 g/mol. The van der Waals surface area contributed by atoms with E-state index in [0.717, 1.165) is 18.4 Å². The zero-order valence-corrected chi connectivity index (χ0v) is 12.3. The highest BCUT2D eigenvalue weighted by Gasteiger charge is 2.20. The molecule has 2 unspecified atom stereocenters. The highest BCUT2D eigenvalue weighted by atomic mass is 32.2. The van der Waals surface area contributed by atoms with Gasteiger partial charge in [-0.3, -0.25) is 0 Å². The molecular formula is C14H22FNOS. The van der Waals surface area contributed by atoms with Gasteiger partial charge in [0, 0.05) is 6.04 Å². The lowest BCUT2D eigenvalue weighted by atomic mass is 10.1.